The van der Waals surface area contributed by atoms with E-state index in [1.807, 2.05) is 6.26 Å². The van der Waals surface area contributed by atoms with Crippen LogP contribution in [-0.2, 0) is 0 Å². The molecule has 0 saturated heterocycles. The summed E-state index contributed by atoms with van der Waals surface area (Å²) in [6.07, 6.45) is 1.93. The summed E-state index contributed by atoms with van der Waals surface area (Å²) in [5, 5.41) is 8.89. The molecule has 0 bridgehead atoms. The minimum Gasteiger partial charge on any atom is -0.486 e. The normalized spacial score (nSPS) is 13.4. The van der Waals surface area contributed by atoms with Gasteiger partial charge in [0.25, 0.3) is 0 Å². The predicted molar refractivity (Wildman–Crippen MR) is 53.9 cm³/mol. The zero-order valence-corrected chi connectivity index (χ0v) is 8.56. The van der Waals surface area contributed by atoms with E-state index in [4.69, 9.17) is 14.7 Å². The molecule has 0 aromatic heterocycles. The number of nitrogens with zero attached hydrogens (tertiary/aromatic N) is 1. The van der Waals surface area contributed by atoms with Crippen molar-refractivity contribution < 1.29 is 9.47 Å². The topological polar surface area (TPSA) is 42.2 Å². The molecule has 0 fully saturated rings. The quantitative estimate of drug-likeness (QED) is 0.661. The molecule has 14 heavy (non-hydrogen) atoms. The highest BCUT2D eigenvalue weighted by atomic mass is 32.2. The van der Waals surface area contributed by atoms with E-state index in [2.05, 4.69) is 6.07 Å². The summed E-state index contributed by atoms with van der Waals surface area (Å²) >= 11 is 1.51. The molecule has 1 aromatic rings. The van der Waals surface area contributed by atoms with Gasteiger partial charge in [-0.05, 0) is 18.4 Å². The third-order valence-electron chi connectivity index (χ3n) is 1.99. The molecule has 3 nitrogen and oxygen atoms in total. The predicted octanol–water partition coefficient (Wildman–Crippen LogP) is 2.05. The Hall–Kier alpha value is -1.34. The van der Waals surface area contributed by atoms with E-state index in [0.29, 0.717) is 24.5 Å². The van der Waals surface area contributed by atoms with Crippen molar-refractivity contribution in [2.45, 2.75) is 4.90 Å². The third kappa shape index (κ3) is 1.40. The molecule has 1 heterocycles. The van der Waals surface area contributed by atoms with E-state index in [-0.39, 0.29) is 0 Å². The Morgan fingerprint density at radius 3 is 2.86 bits per heavy atom. The van der Waals surface area contributed by atoms with Crippen LogP contribution < -0.4 is 9.47 Å². The number of benzene rings is 1. The Morgan fingerprint density at radius 1 is 1.36 bits per heavy atom. The van der Waals surface area contributed by atoms with E-state index >= 15 is 0 Å². The van der Waals surface area contributed by atoms with Gasteiger partial charge in [-0.2, -0.15) is 5.26 Å². The van der Waals surface area contributed by atoms with E-state index in [1.54, 1.807) is 12.1 Å². The summed E-state index contributed by atoms with van der Waals surface area (Å²) in [5.74, 6) is 1.45. The molecule has 0 spiro atoms. The molecule has 0 atom stereocenters. The number of hydrogen-bond donors (Lipinski definition) is 0. The number of nitriles is 1. The molecule has 0 N–H and O–H groups in total. The second-order valence-electron chi connectivity index (χ2n) is 2.78. The molecule has 0 saturated carbocycles. The maximum Gasteiger partial charge on any atom is 0.176 e. The number of thioether (sulfide) groups is 1. The minimum atomic E-state index is 0.551. The number of hydrogen-bond acceptors (Lipinski definition) is 4. The van der Waals surface area contributed by atoms with Crippen LogP contribution in [0.2, 0.25) is 0 Å². The Morgan fingerprint density at radius 2 is 2.14 bits per heavy atom. The van der Waals surface area contributed by atoms with Gasteiger partial charge in [-0.15, -0.1) is 11.8 Å². The summed E-state index contributed by atoms with van der Waals surface area (Å²) < 4.78 is 10.9. The molecule has 0 amide bonds. The van der Waals surface area contributed by atoms with Crippen LogP contribution in [0.4, 0.5) is 0 Å². The molecule has 0 unspecified atom stereocenters. The average molecular weight is 207 g/mol. The van der Waals surface area contributed by atoms with Crippen LogP contribution in [0.25, 0.3) is 0 Å². The summed E-state index contributed by atoms with van der Waals surface area (Å²) in [6, 6.07) is 5.69. The Kier molecular flexibility index (Phi) is 2.51. The van der Waals surface area contributed by atoms with E-state index in [0.717, 1.165) is 10.6 Å². The SMILES string of the molecule is CSc1c(C#N)ccc2c1OCCO2. The van der Waals surface area contributed by atoms with Crippen molar-refractivity contribution in [3.8, 4) is 17.6 Å². The lowest BCUT2D eigenvalue weighted by Gasteiger charge is -2.20. The molecule has 0 aliphatic carbocycles. The Bertz CT molecular complexity index is 398. The number of ether oxygens (including phenoxy) is 2. The van der Waals surface area contributed by atoms with Gasteiger partial charge in [-0.1, -0.05) is 0 Å². The van der Waals surface area contributed by atoms with Gasteiger partial charge in [0, 0.05) is 0 Å². The summed E-state index contributed by atoms with van der Waals surface area (Å²) in [6.45, 7) is 1.13. The number of fused-ring (bicyclic) bond motifs is 1. The first-order valence-corrected chi connectivity index (χ1v) is 5.46. The van der Waals surface area contributed by atoms with Crippen LogP contribution in [0, 0.1) is 11.3 Å². The lowest BCUT2D eigenvalue weighted by molar-refractivity contribution is 0.167. The van der Waals surface area contributed by atoms with Crippen molar-refractivity contribution >= 4 is 11.8 Å². The highest BCUT2D eigenvalue weighted by Gasteiger charge is 2.18. The van der Waals surface area contributed by atoms with Crippen LogP contribution in [0.5, 0.6) is 11.5 Å². The average Bonchev–Trinajstić information content (AvgIpc) is 2.27. The van der Waals surface area contributed by atoms with Crippen molar-refractivity contribution in [1.29, 1.82) is 5.26 Å². The molecule has 1 aromatic carbocycles. The van der Waals surface area contributed by atoms with Crippen LogP contribution >= 0.6 is 11.8 Å². The Balaban J connectivity index is 2.57. The molecule has 2 rings (SSSR count). The molecule has 0 radical (unpaired) electrons. The lowest BCUT2D eigenvalue weighted by atomic mass is 10.2. The van der Waals surface area contributed by atoms with Crippen molar-refractivity contribution in [3.63, 3.8) is 0 Å². The second kappa shape index (κ2) is 3.81. The van der Waals surface area contributed by atoms with Gasteiger partial charge >= 0.3 is 0 Å². The molecular formula is C10H9NO2S. The largest absolute Gasteiger partial charge is 0.486 e. The van der Waals surface area contributed by atoms with Crippen LogP contribution in [0.15, 0.2) is 17.0 Å². The zero-order chi connectivity index (χ0) is 9.97. The first-order valence-electron chi connectivity index (χ1n) is 4.23. The van der Waals surface area contributed by atoms with Crippen molar-refractivity contribution in [3.05, 3.63) is 17.7 Å². The van der Waals surface area contributed by atoms with Crippen molar-refractivity contribution in [2.24, 2.45) is 0 Å². The van der Waals surface area contributed by atoms with Crippen molar-refractivity contribution in [1.82, 2.24) is 0 Å². The fourth-order valence-electron chi connectivity index (χ4n) is 1.38. The van der Waals surface area contributed by atoms with E-state index in [1.165, 1.54) is 11.8 Å². The van der Waals surface area contributed by atoms with Crippen LogP contribution in [-0.4, -0.2) is 19.5 Å². The highest BCUT2D eigenvalue weighted by Crippen LogP contribution is 2.40. The summed E-state index contributed by atoms with van der Waals surface area (Å²) in [5.41, 5.74) is 0.641. The molecule has 1 aliphatic heterocycles. The highest BCUT2D eigenvalue weighted by molar-refractivity contribution is 7.98. The van der Waals surface area contributed by atoms with Gasteiger partial charge in [0.05, 0.1) is 10.5 Å². The van der Waals surface area contributed by atoms with Gasteiger partial charge in [0.1, 0.15) is 19.3 Å². The Labute approximate surface area is 86.6 Å². The van der Waals surface area contributed by atoms with E-state index in [9.17, 15) is 0 Å². The minimum absolute atomic E-state index is 0.551. The monoisotopic (exact) mass is 207 g/mol. The molecule has 4 heteroatoms. The fraction of sp³-hybridized carbons (Fsp3) is 0.300. The molecule has 72 valence electrons. The second-order valence-corrected chi connectivity index (χ2v) is 3.60. The number of rotatable bonds is 1. The van der Waals surface area contributed by atoms with Crippen LogP contribution in [0.3, 0.4) is 0 Å². The summed E-state index contributed by atoms with van der Waals surface area (Å²) in [4.78, 5) is 0.865. The van der Waals surface area contributed by atoms with Gasteiger partial charge in [-0.25, -0.2) is 0 Å². The first kappa shape index (κ1) is 9.22. The van der Waals surface area contributed by atoms with Gasteiger partial charge in [-0.3, -0.25) is 0 Å². The fourth-order valence-corrected chi connectivity index (χ4v) is 2.06. The molecule has 1 aliphatic rings. The standard InChI is InChI=1S/C10H9NO2S/c1-14-10-7(6-11)2-3-8-9(10)13-5-4-12-8/h2-3H,4-5H2,1H3. The lowest BCUT2D eigenvalue weighted by Crippen LogP contribution is -2.16. The summed E-state index contributed by atoms with van der Waals surface area (Å²) in [7, 11) is 0. The molecular weight excluding hydrogens is 198 g/mol. The maximum atomic E-state index is 8.89. The van der Waals surface area contributed by atoms with E-state index < -0.39 is 0 Å². The van der Waals surface area contributed by atoms with Crippen LogP contribution in [0.1, 0.15) is 5.56 Å². The smallest absolute Gasteiger partial charge is 0.176 e. The maximum absolute atomic E-state index is 8.89. The zero-order valence-electron chi connectivity index (χ0n) is 7.74. The first-order chi connectivity index (χ1) is 6.86. The van der Waals surface area contributed by atoms with Crippen molar-refractivity contribution in [2.75, 3.05) is 19.5 Å². The van der Waals surface area contributed by atoms with Gasteiger partial charge in [0.2, 0.25) is 0 Å². The van der Waals surface area contributed by atoms with Gasteiger partial charge in [0.15, 0.2) is 11.5 Å². The van der Waals surface area contributed by atoms with Gasteiger partial charge < -0.3 is 9.47 Å². The third-order valence-corrected chi connectivity index (χ3v) is 2.80.